The fraction of sp³-hybridized carbons (Fsp3) is 0.941. The number of aliphatic hydroxyl groups is 1. The van der Waals surface area contributed by atoms with Crippen LogP contribution in [0.3, 0.4) is 0 Å². The Morgan fingerprint density at radius 2 is 1.75 bits per heavy atom. The predicted molar refractivity (Wildman–Crippen MR) is 156 cm³/mol. The predicted octanol–water partition coefficient (Wildman–Crippen LogP) is 6.96. The van der Waals surface area contributed by atoms with Crippen molar-refractivity contribution < 1.29 is 28.9 Å². The second kappa shape index (κ2) is 12.2. The molecule has 0 bridgehead atoms. The molecule has 6 heteroatoms. The van der Waals surface area contributed by atoms with Crippen LogP contribution in [0.4, 0.5) is 0 Å². The van der Waals surface area contributed by atoms with Gasteiger partial charge in [0.15, 0.2) is 0 Å². The SMILES string of the molecule is CCC(C)C(=O)OC1CC[C@@]2(C)C(CCC3C2CC(O)[C@]2(C)C(C(C)CCC(=O)OC(C)(C)COC)CCC32)C1. The van der Waals surface area contributed by atoms with Crippen LogP contribution in [0.1, 0.15) is 119 Å². The molecule has 0 aromatic rings. The van der Waals surface area contributed by atoms with Crippen LogP contribution in [0.15, 0.2) is 0 Å². The van der Waals surface area contributed by atoms with Gasteiger partial charge in [-0.1, -0.05) is 34.6 Å². The monoisotopic (exact) mass is 562 g/mol. The van der Waals surface area contributed by atoms with Crippen LogP contribution < -0.4 is 0 Å². The third-order valence-electron chi connectivity index (χ3n) is 12.5. The van der Waals surface area contributed by atoms with Gasteiger partial charge >= 0.3 is 11.9 Å². The van der Waals surface area contributed by atoms with Crippen LogP contribution in [-0.4, -0.2) is 48.6 Å². The number of rotatable bonds is 10. The Kier molecular flexibility index (Phi) is 9.72. The summed E-state index contributed by atoms with van der Waals surface area (Å²) in [7, 11) is 1.62. The Morgan fingerprint density at radius 3 is 2.42 bits per heavy atom. The summed E-state index contributed by atoms with van der Waals surface area (Å²) >= 11 is 0. The fourth-order valence-electron chi connectivity index (χ4n) is 9.98. The maximum absolute atomic E-state index is 12.6. The molecule has 11 atom stereocenters. The van der Waals surface area contributed by atoms with Crippen molar-refractivity contribution in [1.82, 2.24) is 0 Å². The molecule has 0 aromatic heterocycles. The molecule has 1 N–H and O–H groups in total. The number of fused-ring (bicyclic) bond motifs is 5. The minimum atomic E-state index is -0.613. The van der Waals surface area contributed by atoms with Gasteiger partial charge in [-0.2, -0.15) is 0 Å². The van der Waals surface area contributed by atoms with Gasteiger partial charge in [0.25, 0.3) is 0 Å². The van der Waals surface area contributed by atoms with E-state index < -0.39 is 5.60 Å². The standard InChI is InChI=1S/C34H58O6/c1-9-21(2)31(37)39-24-16-17-33(6)23(18-24)11-12-25-27-14-13-26(34(27,7)29(35)19-28(25)33)22(3)10-15-30(36)40-32(4,5)20-38-8/h21-29,35H,9-20H2,1-8H3/t21?,22?,23?,24?,25?,26?,27?,28?,29?,33-,34+/m0/s1. The molecule has 40 heavy (non-hydrogen) atoms. The Labute approximate surface area is 243 Å². The largest absolute Gasteiger partial charge is 0.462 e. The molecule has 6 nitrogen and oxygen atoms in total. The lowest BCUT2D eigenvalue weighted by atomic mass is 9.43. The van der Waals surface area contributed by atoms with Gasteiger partial charge < -0.3 is 19.3 Å². The molecule has 0 heterocycles. The summed E-state index contributed by atoms with van der Waals surface area (Å²) < 4.78 is 16.8. The highest BCUT2D eigenvalue weighted by atomic mass is 16.6. The van der Waals surface area contributed by atoms with Gasteiger partial charge in [-0.05, 0) is 124 Å². The fourth-order valence-corrected chi connectivity index (χ4v) is 9.98. The summed E-state index contributed by atoms with van der Waals surface area (Å²) in [6, 6.07) is 0. The summed E-state index contributed by atoms with van der Waals surface area (Å²) in [5.74, 6) is 2.88. The van der Waals surface area contributed by atoms with E-state index in [2.05, 4.69) is 20.8 Å². The van der Waals surface area contributed by atoms with E-state index in [-0.39, 0.29) is 40.9 Å². The van der Waals surface area contributed by atoms with E-state index in [4.69, 9.17) is 14.2 Å². The lowest BCUT2D eigenvalue weighted by Gasteiger charge is -2.62. The second-order valence-corrected chi connectivity index (χ2v) is 15.3. The highest BCUT2D eigenvalue weighted by Gasteiger charge is 2.63. The Hall–Kier alpha value is -1.14. The minimum Gasteiger partial charge on any atom is -0.462 e. The molecule has 4 aliphatic carbocycles. The molecule has 0 aromatic carbocycles. The molecule has 0 amide bonds. The summed E-state index contributed by atoms with van der Waals surface area (Å²) in [5, 5.41) is 11.9. The number of methoxy groups -OCH3 is 1. The average molecular weight is 563 g/mol. The second-order valence-electron chi connectivity index (χ2n) is 15.3. The van der Waals surface area contributed by atoms with E-state index in [0.717, 1.165) is 44.9 Å². The number of aliphatic hydroxyl groups excluding tert-OH is 1. The third kappa shape index (κ3) is 6.00. The molecular weight excluding hydrogens is 504 g/mol. The van der Waals surface area contributed by atoms with Gasteiger partial charge in [0, 0.05) is 13.5 Å². The molecule has 4 rings (SSSR count). The highest BCUT2D eigenvalue weighted by molar-refractivity contribution is 5.72. The zero-order chi connectivity index (χ0) is 29.5. The summed E-state index contributed by atoms with van der Waals surface area (Å²) in [5.41, 5.74) is -0.489. The number of carbonyl (C=O) groups excluding carboxylic acids is 2. The summed E-state index contributed by atoms with van der Waals surface area (Å²) in [6.07, 6.45) is 10.5. The van der Waals surface area contributed by atoms with Crippen molar-refractivity contribution in [2.45, 2.75) is 137 Å². The first kappa shape index (κ1) is 31.8. The summed E-state index contributed by atoms with van der Waals surface area (Å²) in [6.45, 7) is 15.3. The lowest BCUT2D eigenvalue weighted by molar-refractivity contribution is -0.183. The van der Waals surface area contributed by atoms with Crippen LogP contribution in [-0.2, 0) is 23.8 Å². The van der Waals surface area contributed by atoms with Gasteiger partial charge in [-0.3, -0.25) is 9.59 Å². The van der Waals surface area contributed by atoms with Crippen molar-refractivity contribution in [3.63, 3.8) is 0 Å². The first-order valence-electron chi connectivity index (χ1n) is 16.4. The maximum atomic E-state index is 12.6. The normalized spacial score (nSPS) is 40.8. The van der Waals surface area contributed by atoms with Gasteiger partial charge in [0.05, 0.1) is 18.6 Å². The van der Waals surface area contributed by atoms with Crippen LogP contribution in [0.25, 0.3) is 0 Å². The van der Waals surface area contributed by atoms with E-state index in [9.17, 15) is 14.7 Å². The van der Waals surface area contributed by atoms with Crippen LogP contribution in [0, 0.1) is 52.3 Å². The number of carbonyl (C=O) groups is 2. The molecule has 9 unspecified atom stereocenters. The van der Waals surface area contributed by atoms with Crippen LogP contribution in [0.5, 0.6) is 0 Å². The first-order chi connectivity index (χ1) is 18.8. The van der Waals surface area contributed by atoms with Crippen LogP contribution >= 0.6 is 0 Å². The Bertz CT molecular complexity index is 901. The topological polar surface area (TPSA) is 82.1 Å². The molecule has 4 fully saturated rings. The van der Waals surface area contributed by atoms with Crippen molar-refractivity contribution in [3.8, 4) is 0 Å². The summed E-state index contributed by atoms with van der Waals surface area (Å²) in [4.78, 5) is 25.1. The highest BCUT2D eigenvalue weighted by Crippen LogP contribution is 2.68. The Morgan fingerprint density at radius 1 is 1.02 bits per heavy atom. The van der Waals surface area contributed by atoms with Gasteiger partial charge in [0.1, 0.15) is 11.7 Å². The molecule has 0 radical (unpaired) electrons. The third-order valence-corrected chi connectivity index (χ3v) is 12.5. The zero-order valence-corrected chi connectivity index (χ0v) is 26.7. The van der Waals surface area contributed by atoms with E-state index in [0.29, 0.717) is 48.5 Å². The van der Waals surface area contributed by atoms with E-state index >= 15 is 0 Å². The lowest BCUT2D eigenvalue weighted by Crippen LogP contribution is -2.59. The van der Waals surface area contributed by atoms with E-state index in [1.54, 1.807) is 7.11 Å². The zero-order valence-electron chi connectivity index (χ0n) is 26.7. The first-order valence-corrected chi connectivity index (χ1v) is 16.4. The number of ether oxygens (including phenoxy) is 3. The quantitative estimate of drug-likeness (QED) is 0.290. The minimum absolute atomic E-state index is 0.0268. The smallest absolute Gasteiger partial charge is 0.308 e. The molecule has 0 saturated heterocycles. The molecule has 0 aliphatic heterocycles. The van der Waals surface area contributed by atoms with Crippen molar-refractivity contribution >= 4 is 11.9 Å². The van der Waals surface area contributed by atoms with Crippen molar-refractivity contribution in [2.75, 3.05) is 13.7 Å². The number of hydrogen-bond donors (Lipinski definition) is 1. The van der Waals surface area contributed by atoms with E-state index in [1.807, 2.05) is 27.7 Å². The van der Waals surface area contributed by atoms with E-state index in [1.165, 1.54) is 19.3 Å². The molecule has 4 saturated carbocycles. The molecule has 230 valence electrons. The average Bonchev–Trinajstić information content (AvgIpc) is 3.26. The molecule has 4 aliphatic rings. The number of esters is 2. The van der Waals surface area contributed by atoms with Gasteiger partial charge in [-0.15, -0.1) is 0 Å². The van der Waals surface area contributed by atoms with Gasteiger partial charge in [0.2, 0.25) is 0 Å². The van der Waals surface area contributed by atoms with Crippen LogP contribution in [0.2, 0.25) is 0 Å². The number of hydrogen-bond acceptors (Lipinski definition) is 6. The maximum Gasteiger partial charge on any atom is 0.308 e. The van der Waals surface area contributed by atoms with Crippen molar-refractivity contribution in [3.05, 3.63) is 0 Å². The van der Waals surface area contributed by atoms with Crippen molar-refractivity contribution in [2.24, 2.45) is 52.3 Å². The van der Waals surface area contributed by atoms with Crippen molar-refractivity contribution in [1.29, 1.82) is 0 Å². The van der Waals surface area contributed by atoms with Gasteiger partial charge in [-0.25, -0.2) is 0 Å². The molecular formula is C34H58O6. The molecule has 0 spiro atoms. The Balaban J connectivity index is 1.39.